The van der Waals surface area contributed by atoms with Gasteiger partial charge in [0.1, 0.15) is 0 Å². The number of hydrogen-bond acceptors (Lipinski definition) is 2. The summed E-state index contributed by atoms with van der Waals surface area (Å²) in [4.78, 5) is 13.6. The largest absolute Gasteiger partial charge is 0.478 e. The van der Waals surface area contributed by atoms with Crippen LogP contribution in [0.3, 0.4) is 0 Å². The second-order valence-electron chi connectivity index (χ2n) is 5.29. The molecule has 0 fully saturated rings. The summed E-state index contributed by atoms with van der Waals surface area (Å²) in [7, 11) is 2.11. The molecular weight excluding hydrogens is 262 g/mol. The third-order valence-corrected chi connectivity index (χ3v) is 3.48. The van der Waals surface area contributed by atoms with E-state index >= 15 is 0 Å². The van der Waals surface area contributed by atoms with Gasteiger partial charge in [-0.2, -0.15) is 0 Å². The first-order valence-corrected chi connectivity index (χ1v) is 7.22. The molecule has 0 spiro atoms. The molecule has 0 amide bonds. The average molecular weight is 283 g/mol. The fraction of sp³-hybridized carbons (Fsp3) is 0.278. The minimum absolute atomic E-state index is 0.341. The highest BCUT2D eigenvalue weighted by atomic mass is 16.4. The van der Waals surface area contributed by atoms with E-state index in [9.17, 15) is 9.90 Å². The Morgan fingerprint density at radius 3 is 2.38 bits per heavy atom. The SMILES string of the molecule is CCCN(C)Cc1ccc(-c2ccccc2C(=O)O)cc1. The normalized spacial score (nSPS) is 10.8. The van der Waals surface area contributed by atoms with Crippen LogP contribution in [0.15, 0.2) is 48.5 Å². The predicted molar refractivity (Wildman–Crippen MR) is 85.5 cm³/mol. The van der Waals surface area contributed by atoms with Crippen LogP contribution >= 0.6 is 0 Å². The van der Waals surface area contributed by atoms with Crippen molar-refractivity contribution < 1.29 is 9.90 Å². The van der Waals surface area contributed by atoms with E-state index in [4.69, 9.17) is 0 Å². The van der Waals surface area contributed by atoms with Crippen molar-refractivity contribution in [1.29, 1.82) is 0 Å². The van der Waals surface area contributed by atoms with Crippen LogP contribution in [0.25, 0.3) is 11.1 Å². The summed E-state index contributed by atoms with van der Waals surface area (Å²) in [5, 5.41) is 9.25. The van der Waals surface area contributed by atoms with Gasteiger partial charge in [0.15, 0.2) is 0 Å². The Bertz CT molecular complexity index is 605. The van der Waals surface area contributed by atoms with Gasteiger partial charge in [-0.25, -0.2) is 4.79 Å². The molecular formula is C18H21NO2. The lowest BCUT2D eigenvalue weighted by Gasteiger charge is -2.15. The van der Waals surface area contributed by atoms with E-state index in [0.717, 1.165) is 30.6 Å². The van der Waals surface area contributed by atoms with E-state index in [0.29, 0.717) is 5.56 Å². The van der Waals surface area contributed by atoms with E-state index in [1.807, 2.05) is 24.3 Å². The Morgan fingerprint density at radius 2 is 1.76 bits per heavy atom. The van der Waals surface area contributed by atoms with Crippen LogP contribution in [-0.2, 0) is 6.54 Å². The summed E-state index contributed by atoms with van der Waals surface area (Å²) in [6.45, 7) is 4.15. The van der Waals surface area contributed by atoms with Crippen molar-refractivity contribution in [2.75, 3.05) is 13.6 Å². The zero-order valence-electron chi connectivity index (χ0n) is 12.5. The molecule has 0 radical (unpaired) electrons. The minimum Gasteiger partial charge on any atom is -0.478 e. The molecule has 2 rings (SSSR count). The van der Waals surface area contributed by atoms with E-state index in [-0.39, 0.29) is 0 Å². The zero-order valence-corrected chi connectivity index (χ0v) is 12.5. The van der Waals surface area contributed by atoms with Crippen LogP contribution in [0, 0.1) is 0 Å². The van der Waals surface area contributed by atoms with Gasteiger partial charge < -0.3 is 10.0 Å². The van der Waals surface area contributed by atoms with Crippen molar-refractivity contribution in [3.8, 4) is 11.1 Å². The van der Waals surface area contributed by atoms with Gasteiger partial charge >= 0.3 is 5.97 Å². The molecule has 0 aromatic heterocycles. The Kier molecular flexibility index (Phi) is 5.12. The van der Waals surface area contributed by atoms with Gasteiger partial charge in [-0.15, -0.1) is 0 Å². The van der Waals surface area contributed by atoms with Crippen LogP contribution in [0.1, 0.15) is 29.3 Å². The second kappa shape index (κ2) is 7.04. The zero-order chi connectivity index (χ0) is 15.2. The van der Waals surface area contributed by atoms with E-state index in [2.05, 4.69) is 31.0 Å². The highest BCUT2D eigenvalue weighted by molar-refractivity contribution is 5.95. The summed E-state index contributed by atoms with van der Waals surface area (Å²) < 4.78 is 0. The lowest BCUT2D eigenvalue weighted by Crippen LogP contribution is -2.18. The van der Waals surface area contributed by atoms with Gasteiger partial charge in [-0.05, 0) is 42.8 Å². The molecule has 0 atom stereocenters. The van der Waals surface area contributed by atoms with Gasteiger partial charge in [0.05, 0.1) is 5.56 Å². The molecule has 0 unspecified atom stereocenters. The molecule has 0 saturated carbocycles. The van der Waals surface area contributed by atoms with Crippen LogP contribution < -0.4 is 0 Å². The average Bonchev–Trinajstić information content (AvgIpc) is 2.48. The standard InChI is InChI=1S/C18H21NO2/c1-3-12-19(2)13-14-8-10-15(11-9-14)16-6-4-5-7-17(16)18(20)21/h4-11H,3,12-13H2,1-2H3,(H,20,21). The lowest BCUT2D eigenvalue weighted by molar-refractivity contribution is 0.0697. The molecule has 0 aliphatic carbocycles. The lowest BCUT2D eigenvalue weighted by atomic mass is 9.98. The highest BCUT2D eigenvalue weighted by Gasteiger charge is 2.10. The maximum absolute atomic E-state index is 11.3. The maximum Gasteiger partial charge on any atom is 0.336 e. The third kappa shape index (κ3) is 3.92. The number of carbonyl (C=O) groups is 1. The van der Waals surface area contributed by atoms with Crippen molar-refractivity contribution in [2.24, 2.45) is 0 Å². The van der Waals surface area contributed by atoms with Gasteiger partial charge in [0.25, 0.3) is 0 Å². The maximum atomic E-state index is 11.3. The van der Waals surface area contributed by atoms with Crippen LogP contribution in [-0.4, -0.2) is 29.6 Å². The van der Waals surface area contributed by atoms with Crippen LogP contribution in [0.4, 0.5) is 0 Å². The molecule has 0 bridgehead atoms. The van der Waals surface area contributed by atoms with Gasteiger partial charge in [0, 0.05) is 6.54 Å². The Hall–Kier alpha value is -2.13. The number of nitrogens with zero attached hydrogens (tertiary/aromatic N) is 1. The second-order valence-corrected chi connectivity index (χ2v) is 5.29. The van der Waals surface area contributed by atoms with Gasteiger partial charge in [-0.1, -0.05) is 49.4 Å². The molecule has 21 heavy (non-hydrogen) atoms. The first-order chi connectivity index (χ1) is 10.1. The predicted octanol–water partition coefficient (Wildman–Crippen LogP) is 3.89. The summed E-state index contributed by atoms with van der Waals surface area (Å²) in [6.07, 6.45) is 1.14. The Morgan fingerprint density at radius 1 is 1.10 bits per heavy atom. The molecule has 2 aromatic rings. The molecule has 3 heteroatoms. The van der Waals surface area contributed by atoms with E-state index in [1.165, 1.54) is 5.56 Å². The highest BCUT2D eigenvalue weighted by Crippen LogP contribution is 2.24. The van der Waals surface area contributed by atoms with Gasteiger partial charge in [-0.3, -0.25) is 0 Å². The smallest absolute Gasteiger partial charge is 0.336 e. The van der Waals surface area contributed by atoms with Crippen molar-refractivity contribution in [2.45, 2.75) is 19.9 Å². The number of aromatic carboxylic acids is 1. The summed E-state index contributed by atoms with van der Waals surface area (Å²) in [5.74, 6) is -0.891. The van der Waals surface area contributed by atoms with Crippen molar-refractivity contribution in [1.82, 2.24) is 4.90 Å². The number of rotatable bonds is 6. The Balaban J connectivity index is 2.21. The minimum atomic E-state index is -0.891. The van der Waals surface area contributed by atoms with E-state index in [1.54, 1.807) is 12.1 Å². The molecule has 0 saturated heterocycles. The molecule has 1 N–H and O–H groups in total. The summed E-state index contributed by atoms with van der Waals surface area (Å²) in [5.41, 5.74) is 3.28. The van der Waals surface area contributed by atoms with E-state index < -0.39 is 5.97 Å². The first kappa shape index (κ1) is 15.3. The molecule has 2 aromatic carbocycles. The molecule has 0 aliphatic heterocycles. The number of carboxylic acid groups (broad SMARTS) is 1. The van der Waals surface area contributed by atoms with Crippen LogP contribution in [0.2, 0.25) is 0 Å². The Labute approximate surface area is 125 Å². The first-order valence-electron chi connectivity index (χ1n) is 7.22. The van der Waals surface area contributed by atoms with Crippen LogP contribution in [0.5, 0.6) is 0 Å². The monoisotopic (exact) mass is 283 g/mol. The summed E-state index contributed by atoms with van der Waals surface area (Å²) >= 11 is 0. The molecule has 0 heterocycles. The van der Waals surface area contributed by atoms with Crippen molar-refractivity contribution >= 4 is 5.97 Å². The van der Waals surface area contributed by atoms with Crippen molar-refractivity contribution in [3.63, 3.8) is 0 Å². The molecule has 0 aliphatic rings. The summed E-state index contributed by atoms with van der Waals surface area (Å²) in [6, 6.07) is 15.2. The molecule has 110 valence electrons. The topological polar surface area (TPSA) is 40.5 Å². The molecule has 3 nitrogen and oxygen atoms in total. The quantitative estimate of drug-likeness (QED) is 0.874. The number of benzene rings is 2. The third-order valence-electron chi connectivity index (χ3n) is 3.48. The fourth-order valence-electron chi connectivity index (χ4n) is 2.48. The fourth-order valence-corrected chi connectivity index (χ4v) is 2.48. The van der Waals surface area contributed by atoms with Crippen molar-refractivity contribution in [3.05, 3.63) is 59.7 Å². The van der Waals surface area contributed by atoms with Gasteiger partial charge in [0.2, 0.25) is 0 Å². The number of carboxylic acids is 1. The number of hydrogen-bond donors (Lipinski definition) is 1.